The molecule has 0 fully saturated rings. The molecule has 0 spiro atoms. The molecule has 2 aromatic rings. The average molecular weight is 261 g/mol. The zero-order valence-corrected chi connectivity index (χ0v) is 10.3. The van der Waals surface area contributed by atoms with Gasteiger partial charge in [0.25, 0.3) is 0 Å². The Bertz CT molecular complexity index is 590. The van der Waals surface area contributed by atoms with Gasteiger partial charge >= 0.3 is 5.97 Å². The van der Waals surface area contributed by atoms with E-state index in [1.807, 2.05) is 0 Å². The first-order valence-electron chi connectivity index (χ1n) is 5.72. The van der Waals surface area contributed by atoms with Crippen molar-refractivity contribution in [1.82, 2.24) is 9.97 Å². The molecule has 0 bridgehead atoms. The van der Waals surface area contributed by atoms with Gasteiger partial charge in [0.15, 0.2) is 5.69 Å². The summed E-state index contributed by atoms with van der Waals surface area (Å²) >= 11 is 0. The second-order valence-corrected chi connectivity index (χ2v) is 3.62. The summed E-state index contributed by atoms with van der Waals surface area (Å²) in [5, 5.41) is 2.81. The standard InChI is InChI=1S/C13H12FN3O2/c1-2-19-12(18)11-6-7-15-13(17-11)16-10-5-3-4-9(14)8-10/h3-8H,2H2,1H3,(H,15,16,17). The Morgan fingerprint density at radius 3 is 3.00 bits per heavy atom. The van der Waals surface area contributed by atoms with Gasteiger partial charge < -0.3 is 10.1 Å². The maximum atomic E-state index is 13.0. The molecule has 0 aliphatic heterocycles. The number of esters is 1. The van der Waals surface area contributed by atoms with Crippen molar-refractivity contribution in [1.29, 1.82) is 0 Å². The van der Waals surface area contributed by atoms with Crippen molar-refractivity contribution in [3.8, 4) is 0 Å². The summed E-state index contributed by atoms with van der Waals surface area (Å²) in [5.41, 5.74) is 0.650. The third-order valence-corrected chi connectivity index (χ3v) is 2.22. The number of nitrogens with one attached hydrogen (secondary N) is 1. The van der Waals surface area contributed by atoms with Crippen LogP contribution in [0.5, 0.6) is 0 Å². The van der Waals surface area contributed by atoms with Gasteiger partial charge in [-0.3, -0.25) is 0 Å². The SMILES string of the molecule is CCOC(=O)c1ccnc(Nc2cccc(F)c2)n1. The van der Waals surface area contributed by atoms with E-state index in [9.17, 15) is 9.18 Å². The quantitative estimate of drug-likeness (QED) is 0.857. The maximum absolute atomic E-state index is 13.0. The molecule has 0 aliphatic rings. The molecule has 1 N–H and O–H groups in total. The van der Waals surface area contributed by atoms with Crippen molar-refractivity contribution in [2.45, 2.75) is 6.92 Å². The van der Waals surface area contributed by atoms with Crippen molar-refractivity contribution in [2.24, 2.45) is 0 Å². The molecule has 0 atom stereocenters. The van der Waals surface area contributed by atoms with Gasteiger partial charge in [-0.2, -0.15) is 0 Å². The third kappa shape index (κ3) is 3.48. The molecule has 1 aromatic heterocycles. The minimum Gasteiger partial charge on any atom is -0.461 e. The van der Waals surface area contributed by atoms with Crippen molar-refractivity contribution < 1.29 is 13.9 Å². The Hall–Kier alpha value is -2.50. The number of hydrogen-bond donors (Lipinski definition) is 1. The van der Waals surface area contributed by atoms with Crippen LogP contribution in [0, 0.1) is 5.82 Å². The van der Waals surface area contributed by atoms with E-state index >= 15 is 0 Å². The van der Waals surface area contributed by atoms with Crippen LogP contribution in [0.25, 0.3) is 0 Å². The smallest absolute Gasteiger partial charge is 0.357 e. The summed E-state index contributed by atoms with van der Waals surface area (Å²) in [4.78, 5) is 19.5. The number of rotatable bonds is 4. The summed E-state index contributed by atoms with van der Waals surface area (Å²) in [5.74, 6) is -0.685. The number of hydrogen-bond acceptors (Lipinski definition) is 5. The normalized spacial score (nSPS) is 10.0. The van der Waals surface area contributed by atoms with E-state index in [2.05, 4.69) is 15.3 Å². The Labute approximate surface area is 109 Å². The molecule has 1 heterocycles. The van der Waals surface area contributed by atoms with Crippen LogP contribution in [0.15, 0.2) is 36.5 Å². The topological polar surface area (TPSA) is 64.1 Å². The molecule has 1 aromatic carbocycles. The largest absolute Gasteiger partial charge is 0.461 e. The lowest BCUT2D eigenvalue weighted by molar-refractivity contribution is 0.0519. The molecule has 0 radical (unpaired) electrons. The molecule has 0 unspecified atom stereocenters. The molecule has 5 nitrogen and oxygen atoms in total. The molecule has 98 valence electrons. The van der Waals surface area contributed by atoms with Crippen molar-refractivity contribution in [3.05, 3.63) is 48.0 Å². The number of carbonyl (C=O) groups is 1. The second-order valence-electron chi connectivity index (χ2n) is 3.62. The highest BCUT2D eigenvalue weighted by atomic mass is 19.1. The van der Waals surface area contributed by atoms with Crippen LogP contribution in [-0.2, 0) is 4.74 Å². The van der Waals surface area contributed by atoms with Crippen LogP contribution in [-0.4, -0.2) is 22.5 Å². The van der Waals surface area contributed by atoms with E-state index in [1.54, 1.807) is 19.1 Å². The second kappa shape index (κ2) is 5.90. The fourth-order valence-electron chi connectivity index (χ4n) is 1.43. The van der Waals surface area contributed by atoms with E-state index < -0.39 is 5.97 Å². The summed E-state index contributed by atoms with van der Waals surface area (Å²) in [7, 11) is 0. The molecule has 2 rings (SSSR count). The monoisotopic (exact) mass is 261 g/mol. The number of halogens is 1. The van der Waals surface area contributed by atoms with Crippen LogP contribution in [0.3, 0.4) is 0 Å². The summed E-state index contributed by atoms with van der Waals surface area (Å²) in [6.45, 7) is 1.99. The number of carbonyl (C=O) groups excluding carboxylic acids is 1. The van der Waals surface area contributed by atoms with E-state index in [0.29, 0.717) is 5.69 Å². The third-order valence-electron chi connectivity index (χ3n) is 2.22. The lowest BCUT2D eigenvalue weighted by atomic mass is 10.3. The van der Waals surface area contributed by atoms with Gasteiger partial charge in [-0.15, -0.1) is 0 Å². The molecule has 19 heavy (non-hydrogen) atoms. The fraction of sp³-hybridized carbons (Fsp3) is 0.154. The highest BCUT2D eigenvalue weighted by Gasteiger charge is 2.09. The molecular formula is C13H12FN3O2. The van der Waals surface area contributed by atoms with E-state index in [-0.39, 0.29) is 24.1 Å². The summed E-state index contributed by atoms with van der Waals surface area (Å²) in [6.07, 6.45) is 1.43. The molecule has 0 amide bonds. The van der Waals surface area contributed by atoms with E-state index in [4.69, 9.17) is 4.74 Å². The first-order chi connectivity index (χ1) is 9.19. The van der Waals surface area contributed by atoms with E-state index in [0.717, 1.165) is 0 Å². The number of benzene rings is 1. The fourth-order valence-corrected chi connectivity index (χ4v) is 1.43. The van der Waals surface area contributed by atoms with Crippen molar-refractivity contribution >= 4 is 17.6 Å². The lowest BCUT2D eigenvalue weighted by Gasteiger charge is -2.06. The Balaban J connectivity index is 2.17. The van der Waals surface area contributed by atoms with Gasteiger partial charge in [-0.05, 0) is 31.2 Å². The summed E-state index contributed by atoms with van der Waals surface area (Å²) < 4.78 is 17.9. The van der Waals surface area contributed by atoms with Gasteiger partial charge in [-0.1, -0.05) is 6.07 Å². The van der Waals surface area contributed by atoms with Gasteiger partial charge in [-0.25, -0.2) is 19.2 Å². The molecule has 6 heteroatoms. The van der Waals surface area contributed by atoms with Gasteiger partial charge in [0.1, 0.15) is 5.82 Å². The Morgan fingerprint density at radius 2 is 2.26 bits per heavy atom. The van der Waals surface area contributed by atoms with Gasteiger partial charge in [0.05, 0.1) is 6.61 Å². The molecular weight excluding hydrogens is 249 g/mol. The zero-order valence-electron chi connectivity index (χ0n) is 10.3. The highest BCUT2D eigenvalue weighted by molar-refractivity contribution is 5.87. The summed E-state index contributed by atoms with van der Waals surface area (Å²) in [6, 6.07) is 7.33. The molecule has 0 saturated heterocycles. The van der Waals surface area contributed by atoms with Crippen molar-refractivity contribution in [2.75, 3.05) is 11.9 Å². The van der Waals surface area contributed by atoms with Crippen LogP contribution >= 0.6 is 0 Å². The highest BCUT2D eigenvalue weighted by Crippen LogP contribution is 2.14. The van der Waals surface area contributed by atoms with Gasteiger partial charge in [0, 0.05) is 11.9 Å². The minimum absolute atomic E-state index is 0.149. The van der Waals surface area contributed by atoms with Gasteiger partial charge in [0.2, 0.25) is 5.95 Å². The van der Waals surface area contributed by atoms with Crippen LogP contribution in [0.1, 0.15) is 17.4 Å². The number of nitrogens with zero attached hydrogens (tertiary/aromatic N) is 2. The predicted molar refractivity (Wildman–Crippen MR) is 67.7 cm³/mol. The molecule has 0 saturated carbocycles. The molecule has 0 aliphatic carbocycles. The number of ether oxygens (including phenoxy) is 1. The van der Waals surface area contributed by atoms with Crippen LogP contribution in [0.2, 0.25) is 0 Å². The lowest BCUT2D eigenvalue weighted by Crippen LogP contribution is -2.09. The Morgan fingerprint density at radius 1 is 1.42 bits per heavy atom. The van der Waals surface area contributed by atoms with Crippen LogP contribution in [0.4, 0.5) is 16.0 Å². The maximum Gasteiger partial charge on any atom is 0.357 e. The van der Waals surface area contributed by atoms with Crippen molar-refractivity contribution in [3.63, 3.8) is 0 Å². The first-order valence-corrected chi connectivity index (χ1v) is 5.72. The first kappa shape index (κ1) is 12.9. The predicted octanol–water partition coefficient (Wildman–Crippen LogP) is 2.54. The Kier molecular flexibility index (Phi) is 4.02. The van der Waals surface area contributed by atoms with E-state index in [1.165, 1.54) is 24.4 Å². The number of aromatic nitrogens is 2. The number of anilines is 2. The zero-order chi connectivity index (χ0) is 13.7. The average Bonchev–Trinajstić information content (AvgIpc) is 2.39. The minimum atomic E-state index is -0.521. The van der Waals surface area contributed by atoms with Crippen LogP contribution < -0.4 is 5.32 Å².